The van der Waals surface area contributed by atoms with E-state index in [0.29, 0.717) is 0 Å². The van der Waals surface area contributed by atoms with Crippen molar-refractivity contribution in [2.24, 2.45) is 18.0 Å². The highest BCUT2D eigenvalue weighted by atomic mass is 15.3. The van der Waals surface area contributed by atoms with Crippen LogP contribution in [0.4, 0.5) is 0 Å². The van der Waals surface area contributed by atoms with Crippen molar-refractivity contribution in [1.82, 2.24) is 20.4 Å². The van der Waals surface area contributed by atoms with E-state index < -0.39 is 0 Å². The third-order valence-corrected chi connectivity index (χ3v) is 4.55. The highest BCUT2D eigenvalue weighted by Gasteiger charge is 2.08. The molecule has 0 spiro atoms. The van der Waals surface area contributed by atoms with Crippen molar-refractivity contribution in [3.05, 3.63) is 17.0 Å². The normalized spacial score (nSPS) is 12.0. The molecule has 0 radical (unpaired) electrons. The summed E-state index contributed by atoms with van der Waals surface area (Å²) in [5.41, 5.74) is 3.71. The third-order valence-electron chi connectivity index (χ3n) is 4.55. The van der Waals surface area contributed by atoms with E-state index in [1.807, 2.05) is 18.8 Å². The first-order valence-corrected chi connectivity index (χ1v) is 9.39. The average Bonchev–Trinajstić information content (AvgIpc) is 2.77. The maximum Gasteiger partial charge on any atom is 0.190 e. The van der Waals surface area contributed by atoms with Gasteiger partial charge in [0.05, 0.1) is 5.69 Å². The molecule has 0 saturated carbocycles. The summed E-state index contributed by atoms with van der Waals surface area (Å²) in [6, 6.07) is 0. The van der Waals surface area contributed by atoms with Gasteiger partial charge in [-0.15, -0.1) is 0 Å². The molecule has 24 heavy (non-hydrogen) atoms. The molecule has 0 aromatic carbocycles. The molecule has 2 N–H and O–H groups in total. The molecule has 1 aromatic rings. The van der Waals surface area contributed by atoms with Crippen molar-refractivity contribution in [1.29, 1.82) is 0 Å². The number of aliphatic imine (C=N–C) groups is 1. The average molecular weight is 336 g/mol. The molecule has 0 aliphatic carbocycles. The van der Waals surface area contributed by atoms with Crippen molar-refractivity contribution < 1.29 is 0 Å². The first kappa shape index (κ1) is 20.5. The molecule has 0 unspecified atom stereocenters. The number of rotatable bonds is 10. The van der Waals surface area contributed by atoms with Crippen LogP contribution < -0.4 is 10.6 Å². The minimum Gasteiger partial charge on any atom is -0.356 e. The van der Waals surface area contributed by atoms with Crippen LogP contribution in [0.15, 0.2) is 4.99 Å². The maximum absolute atomic E-state index is 4.47. The SMILES string of the molecule is CN=C(NCCCCCCC(C)C)NCCc1c(C)nn(C)c1C. The molecule has 138 valence electrons. The second kappa shape index (κ2) is 11.1. The van der Waals surface area contributed by atoms with E-state index in [4.69, 9.17) is 0 Å². The zero-order chi connectivity index (χ0) is 17.9. The summed E-state index contributed by atoms with van der Waals surface area (Å²) in [7, 11) is 3.83. The van der Waals surface area contributed by atoms with Gasteiger partial charge in [-0.2, -0.15) is 5.10 Å². The van der Waals surface area contributed by atoms with E-state index in [9.17, 15) is 0 Å². The Labute approximate surface area is 148 Å². The number of unbranched alkanes of at least 4 members (excludes halogenated alkanes) is 3. The van der Waals surface area contributed by atoms with Crippen molar-refractivity contribution in [3.8, 4) is 0 Å². The predicted octanol–water partition coefficient (Wildman–Crippen LogP) is 3.35. The summed E-state index contributed by atoms with van der Waals surface area (Å²) >= 11 is 0. The van der Waals surface area contributed by atoms with Gasteiger partial charge in [-0.05, 0) is 38.2 Å². The van der Waals surface area contributed by atoms with Gasteiger partial charge in [-0.1, -0.05) is 39.5 Å². The molecule has 0 atom stereocenters. The van der Waals surface area contributed by atoms with E-state index in [0.717, 1.165) is 37.1 Å². The minimum atomic E-state index is 0.832. The van der Waals surface area contributed by atoms with E-state index in [2.05, 4.69) is 48.4 Å². The van der Waals surface area contributed by atoms with Crippen LogP contribution in [0.2, 0.25) is 0 Å². The fourth-order valence-corrected chi connectivity index (χ4v) is 2.94. The fourth-order valence-electron chi connectivity index (χ4n) is 2.94. The minimum absolute atomic E-state index is 0.832. The highest BCUT2D eigenvalue weighted by molar-refractivity contribution is 5.79. The molecule has 0 amide bonds. The van der Waals surface area contributed by atoms with Crippen LogP contribution in [-0.2, 0) is 13.5 Å². The molecule has 5 heteroatoms. The van der Waals surface area contributed by atoms with Gasteiger partial charge in [0.25, 0.3) is 0 Å². The topological polar surface area (TPSA) is 54.2 Å². The second-order valence-corrected chi connectivity index (χ2v) is 7.05. The van der Waals surface area contributed by atoms with Gasteiger partial charge in [0, 0.05) is 32.9 Å². The summed E-state index contributed by atoms with van der Waals surface area (Å²) in [6.45, 7) is 10.7. The largest absolute Gasteiger partial charge is 0.356 e. The van der Waals surface area contributed by atoms with E-state index in [-0.39, 0.29) is 0 Å². The zero-order valence-corrected chi connectivity index (χ0v) is 16.6. The molecule has 1 rings (SSSR count). The van der Waals surface area contributed by atoms with Gasteiger partial charge in [0.1, 0.15) is 0 Å². The lowest BCUT2D eigenvalue weighted by molar-refractivity contribution is 0.518. The lowest BCUT2D eigenvalue weighted by Crippen LogP contribution is -2.38. The molecule has 0 saturated heterocycles. The van der Waals surface area contributed by atoms with Crippen LogP contribution in [0.3, 0.4) is 0 Å². The summed E-state index contributed by atoms with van der Waals surface area (Å²) in [5, 5.41) is 11.3. The molecule has 1 heterocycles. The van der Waals surface area contributed by atoms with E-state index in [1.54, 1.807) is 0 Å². The van der Waals surface area contributed by atoms with E-state index in [1.165, 1.54) is 43.4 Å². The lowest BCUT2D eigenvalue weighted by atomic mass is 10.0. The Morgan fingerprint density at radius 1 is 1.08 bits per heavy atom. The Balaban J connectivity index is 2.17. The Morgan fingerprint density at radius 2 is 1.75 bits per heavy atom. The van der Waals surface area contributed by atoms with Gasteiger partial charge in [0.15, 0.2) is 5.96 Å². The Hall–Kier alpha value is -1.52. The zero-order valence-electron chi connectivity index (χ0n) is 16.6. The number of hydrogen-bond donors (Lipinski definition) is 2. The van der Waals surface area contributed by atoms with Crippen LogP contribution in [0, 0.1) is 19.8 Å². The Kier molecular flexibility index (Phi) is 9.50. The monoisotopic (exact) mass is 335 g/mol. The van der Waals surface area contributed by atoms with Crippen molar-refractivity contribution in [3.63, 3.8) is 0 Å². The Morgan fingerprint density at radius 3 is 2.33 bits per heavy atom. The summed E-state index contributed by atoms with van der Waals surface area (Å²) in [5.74, 6) is 1.73. The maximum atomic E-state index is 4.47. The van der Waals surface area contributed by atoms with E-state index >= 15 is 0 Å². The van der Waals surface area contributed by atoms with Crippen molar-refractivity contribution >= 4 is 5.96 Å². The number of aryl methyl sites for hydroxylation is 2. The number of guanidine groups is 1. The molecule has 1 aromatic heterocycles. The van der Waals surface area contributed by atoms with Gasteiger partial charge in [0.2, 0.25) is 0 Å². The molecule has 0 bridgehead atoms. The summed E-state index contributed by atoms with van der Waals surface area (Å²) < 4.78 is 1.96. The number of aromatic nitrogens is 2. The fraction of sp³-hybridized carbons (Fsp3) is 0.789. The first-order valence-electron chi connectivity index (χ1n) is 9.39. The van der Waals surface area contributed by atoms with Crippen LogP contribution in [0.1, 0.15) is 62.9 Å². The molecule has 0 aliphatic heterocycles. The molecule has 0 fully saturated rings. The van der Waals surface area contributed by atoms with Crippen LogP contribution in [0.5, 0.6) is 0 Å². The standard InChI is InChI=1S/C19H37N5/c1-15(2)11-9-7-8-10-13-21-19(20-5)22-14-12-18-16(3)23-24(6)17(18)4/h15H,7-14H2,1-6H3,(H2,20,21,22). The number of hydrogen-bond acceptors (Lipinski definition) is 2. The van der Waals surface area contributed by atoms with Crippen LogP contribution in [-0.4, -0.2) is 35.9 Å². The molecule has 5 nitrogen and oxygen atoms in total. The third kappa shape index (κ3) is 7.37. The Bertz CT molecular complexity index is 502. The lowest BCUT2D eigenvalue weighted by Gasteiger charge is -2.12. The highest BCUT2D eigenvalue weighted by Crippen LogP contribution is 2.12. The molecule has 0 aliphatic rings. The summed E-state index contributed by atoms with van der Waals surface area (Å²) in [4.78, 5) is 4.30. The van der Waals surface area contributed by atoms with Crippen molar-refractivity contribution in [2.75, 3.05) is 20.1 Å². The van der Waals surface area contributed by atoms with Crippen LogP contribution in [0.25, 0.3) is 0 Å². The number of nitrogens with zero attached hydrogens (tertiary/aromatic N) is 3. The quantitative estimate of drug-likeness (QED) is 0.392. The van der Waals surface area contributed by atoms with Gasteiger partial charge < -0.3 is 10.6 Å². The van der Waals surface area contributed by atoms with Gasteiger partial charge >= 0.3 is 0 Å². The van der Waals surface area contributed by atoms with Gasteiger partial charge in [-0.3, -0.25) is 9.67 Å². The van der Waals surface area contributed by atoms with Crippen molar-refractivity contribution in [2.45, 2.75) is 66.2 Å². The smallest absolute Gasteiger partial charge is 0.190 e. The molecular weight excluding hydrogens is 298 g/mol. The second-order valence-electron chi connectivity index (χ2n) is 7.05. The summed E-state index contributed by atoms with van der Waals surface area (Å²) in [6.07, 6.45) is 7.52. The van der Waals surface area contributed by atoms with Gasteiger partial charge in [-0.25, -0.2) is 0 Å². The molecular formula is C19H37N5. The van der Waals surface area contributed by atoms with Crippen LogP contribution >= 0.6 is 0 Å². The number of nitrogens with one attached hydrogen (secondary N) is 2. The predicted molar refractivity (Wildman–Crippen MR) is 104 cm³/mol. The first-order chi connectivity index (χ1) is 11.5.